The van der Waals surface area contributed by atoms with E-state index in [1.54, 1.807) is 0 Å². The van der Waals surface area contributed by atoms with Crippen LogP contribution in [0.25, 0.3) is 0 Å². The summed E-state index contributed by atoms with van der Waals surface area (Å²) in [4.78, 5) is 0. The van der Waals surface area contributed by atoms with Crippen molar-refractivity contribution in [2.45, 2.75) is 40.3 Å². The van der Waals surface area contributed by atoms with Crippen molar-refractivity contribution < 1.29 is 4.52 Å². The van der Waals surface area contributed by atoms with Gasteiger partial charge in [0.15, 0.2) is 0 Å². The Hall–Kier alpha value is -1.33. The molecule has 0 aliphatic carbocycles. The monoisotopic (exact) mass is 282 g/mol. The molecule has 2 rings (SSSR count). The minimum Gasteiger partial charge on any atom is -0.361 e. The van der Waals surface area contributed by atoms with Crippen LogP contribution in [0.1, 0.15) is 35.3 Å². The van der Waals surface area contributed by atoms with Gasteiger partial charge in [-0.05, 0) is 20.3 Å². The Labute approximate surface area is 117 Å². The summed E-state index contributed by atoms with van der Waals surface area (Å²) in [7, 11) is 1.91. The molecule has 0 spiro atoms. The van der Waals surface area contributed by atoms with Crippen LogP contribution in [-0.4, -0.2) is 14.9 Å². The highest BCUT2D eigenvalue weighted by Gasteiger charge is 2.13. The summed E-state index contributed by atoms with van der Waals surface area (Å²) < 4.78 is 6.97. The summed E-state index contributed by atoms with van der Waals surface area (Å²) in [5.41, 5.74) is 3.98. The third-order valence-electron chi connectivity index (χ3n) is 3.28. The average molecular weight is 283 g/mol. The van der Waals surface area contributed by atoms with Crippen LogP contribution in [0.3, 0.4) is 0 Å². The van der Waals surface area contributed by atoms with Gasteiger partial charge >= 0.3 is 0 Å². The van der Waals surface area contributed by atoms with E-state index < -0.39 is 0 Å². The van der Waals surface area contributed by atoms with E-state index in [0.29, 0.717) is 13.1 Å². The number of halogens is 1. The molecule has 2 aromatic rings. The first-order valence-corrected chi connectivity index (χ1v) is 6.75. The molecule has 0 unspecified atom stereocenters. The molecular weight excluding hydrogens is 264 g/mol. The van der Waals surface area contributed by atoms with Gasteiger partial charge in [0.2, 0.25) is 0 Å². The van der Waals surface area contributed by atoms with Crippen LogP contribution < -0.4 is 5.32 Å². The number of rotatable bonds is 5. The van der Waals surface area contributed by atoms with Gasteiger partial charge < -0.3 is 9.84 Å². The van der Waals surface area contributed by atoms with E-state index in [0.717, 1.165) is 39.8 Å². The minimum atomic E-state index is 0.673. The van der Waals surface area contributed by atoms with E-state index in [-0.39, 0.29) is 0 Å². The summed E-state index contributed by atoms with van der Waals surface area (Å²) in [5.74, 6) is 0.857. The molecule has 0 aliphatic rings. The maximum atomic E-state index is 6.30. The standard InChI is InChI=1S/C13H19ClN4O/c1-5-11-13(14)12(18(4)16-11)7-15-6-10-8(2)17-19-9(10)3/h15H,5-7H2,1-4H3. The predicted molar refractivity (Wildman–Crippen MR) is 74.1 cm³/mol. The van der Waals surface area contributed by atoms with Gasteiger partial charge in [-0.1, -0.05) is 23.7 Å². The zero-order chi connectivity index (χ0) is 14.0. The number of aromatic nitrogens is 3. The van der Waals surface area contributed by atoms with Gasteiger partial charge in [-0.25, -0.2) is 0 Å². The highest BCUT2D eigenvalue weighted by molar-refractivity contribution is 6.31. The van der Waals surface area contributed by atoms with Crippen molar-refractivity contribution in [1.29, 1.82) is 0 Å². The minimum absolute atomic E-state index is 0.673. The van der Waals surface area contributed by atoms with Gasteiger partial charge in [-0.3, -0.25) is 4.68 Å². The van der Waals surface area contributed by atoms with Gasteiger partial charge in [0.1, 0.15) is 5.76 Å². The van der Waals surface area contributed by atoms with Crippen LogP contribution >= 0.6 is 11.6 Å². The van der Waals surface area contributed by atoms with Crippen molar-refractivity contribution in [2.75, 3.05) is 0 Å². The molecule has 104 valence electrons. The largest absolute Gasteiger partial charge is 0.361 e. The number of nitrogens with one attached hydrogen (secondary N) is 1. The molecule has 0 aromatic carbocycles. The van der Waals surface area contributed by atoms with E-state index in [9.17, 15) is 0 Å². The van der Waals surface area contributed by atoms with Crippen molar-refractivity contribution in [3.8, 4) is 0 Å². The smallest absolute Gasteiger partial charge is 0.138 e. The lowest BCUT2D eigenvalue weighted by Crippen LogP contribution is -2.16. The van der Waals surface area contributed by atoms with Crippen molar-refractivity contribution >= 4 is 11.6 Å². The Morgan fingerprint density at radius 1 is 1.32 bits per heavy atom. The van der Waals surface area contributed by atoms with E-state index in [4.69, 9.17) is 16.1 Å². The molecule has 0 radical (unpaired) electrons. The fourth-order valence-corrected chi connectivity index (χ4v) is 2.43. The van der Waals surface area contributed by atoms with Crippen LogP contribution in [0.15, 0.2) is 4.52 Å². The molecule has 0 amide bonds. The molecule has 0 saturated carbocycles. The fourth-order valence-electron chi connectivity index (χ4n) is 2.07. The maximum absolute atomic E-state index is 6.30. The highest BCUT2D eigenvalue weighted by Crippen LogP contribution is 2.21. The fraction of sp³-hybridized carbons (Fsp3) is 0.538. The highest BCUT2D eigenvalue weighted by atomic mass is 35.5. The number of hydrogen-bond donors (Lipinski definition) is 1. The first kappa shape index (κ1) is 14.1. The third kappa shape index (κ3) is 2.82. The Morgan fingerprint density at radius 3 is 2.58 bits per heavy atom. The lowest BCUT2D eigenvalue weighted by Gasteiger charge is -2.05. The molecule has 0 aliphatic heterocycles. The number of nitrogens with zero attached hydrogens (tertiary/aromatic N) is 3. The van der Waals surface area contributed by atoms with Crippen molar-refractivity contribution in [1.82, 2.24) is 20.3 Å². The molecule has 0 bridgehead atoms. The number of hydrogen-bond acceptors (Lipinski definition) is 4. The Morgan fingerprint density at radius 2 is 2.05 bits per heavy atom. The molecule has 0 fully saturated rings. The molecule has 2 heterocycles. The summed E-state index contributed by atoms with van der Waals surface area (Å²) in [6, 6.07) is 0. The Bertz CT molecular complexity index is 554. The molecule has 1 N–H and O–H groups in total. The summed E-state index contributed by atoms with van der Waals surface area (Å²) >= 11 is 6.30. The van der Waals surface area contributed by atoms with E-state index >= 15 is 0 Å². The van der Waals surface area contributed by atoms with Crippen LogP contribution in [-0.2, 0) is 26.6 Å². The van der Waals surface area contributed by atoms with Gasteiger partial charge in [0, 0.05) is 25.7 Å². The van der Waals surface area contributed by atoms with Gasteiger partial charge in [0.25, 0.3) is 0 Å². The molecule has 19 heavy (non-hydrogen) atoms. The normalized spacial score (nSPS) is 11.2. The zero-order valence-corrected chi connectivity index (χ0v) is 12.5. The quantitative estimate of drug-likeness (QED) is 0.916. The molecule has 0 atom stereocenters. The van der Waals surface area contributed by atoms with Crippen LogP contribution in [0.5, 0.6) is 0 Å². The molecule has 2 aromatic heterocycles. The summed E-state index contributed by atoms with van der Waals surface area (Å²) in [6.45, 7) is 7.30. The molecular formula is C13H19ClN4O. The zero-order valence-electron chi connectivity index (χ0n) is 11.7. The molecule has 6 heteroatoms. The number of aryl methyl sites for hydroxylation is 4. The average Bonchev–Trinajstić information content (AvgIpc) is 2.84. The third-order valence-corrected chi connectivity index (χ3v) is 3.71. The van der Waals surface area contributed by atoms with Gasteiger partial charge in [-0.2, -0.15) is 5.10 Å². The van der Waals surface area contributed by atoms with Crippen LogP contribution in [0.2, 0.25) is 5.02 Å². The van der Waals surface area contributed by atoms with E-state index in [1.807, 2.05) is 25.6 Å². The van der Waals surface area contributed by atoms with E-state index in [1.165, 1.54) is 0 Å². The van der Waals surface area contributed by atoms with Crippen LogP contribution in [0, 0.1) is 13.8 Å². The maximum Gasteiger partial charge on any atom is 0.138 e. The SMILES string of the molecule is CCc1nn(C)c(CNCc2c(C)noc2C)c1Cl. The Balaban J connectivity index is 2.02. The summed E-state index contributed by atoms with van der Waals surface area (Å²) in [6.07, 6.45) is 0.844. The molecule has 5 nitrogen and oxygen atoms in total. The van der Waals surface area contributed by atoms with Gasteiger partial charge in [0.05, 0.1) is 22.1 Å². The second-order valence-corrected chi connectivity index (χ2v) is 4.97. The van der Waals surface area contributed by atoms with Crippen LogP contribution in [0.4, 0.5) is 0 Å². The first-order valence-electron chi connectivity index (χ1n) is 6.37. The van der Waals surface area contributed by atoms with E-state index in [2.05, 4.69) is 22.5 Å². The van der Waals surface area contributed by atoms with Gasteiger partial charge in [-0.15, -0.1) is 0 Å². The molecule has 0 saturated heterocycles. The lowest BCUT2D eigenvalue weighted by atomic mass is 10.2. The predicted octanol–water partition coefficient (Wildman–Crippen LogP) is 2.53. The topological polar surface area (TPSA) is 55.9 Å². The second-order valence-electron chi connectivity index (χ2n) is 4.59. The lowest BCUT2D eigenvalue weighted by molar-refractivity contribution is 0.391. The van der Waals surface area contributed by atoms with Crippen molar-refractivity contribution in [2.24, 2.45) is 7.05 Å². The van der Waals surface area contributed by atoms with Crippen molar-refractivity contribution in [3.63, 3.8) is 0 Å². The second kappa shape index (κ2) is 5.75. The Kier molecular flexibility index (Phi) is 4.27. The summed E-state index contributed by atoms with van der Waals surface area (Å²) in [5, 5.41) is 12.4. The first-order chi connectivity index (χ1) is 9.04. The van der Waals surface area contributed by atoms with Crippen molar-refractivity contribution in [3.05, 3.63) is 33.4 Å².